The first kappa shape index (κ1) is 19.6. The van der Waals surface area contributed by atoms with Gasteiger partial charge in [0.15, 0.2) is 11.6 Å². The Morgan fingerprint density at radius 3 is 2.83 bits per heavy atom. The van der Waals surface area contributed by atoms with Gasteiger partial charge < -0.3 is 10.4 Å². The summed E-state index contributed by atoms with van der Waals surface area (Å²) in [4.78, 5) is 13.5. The van der Waals surface area contributed by atoms with Crippen molar-refractivity contribution in [2.24, 2.45) is 9.50 Å². The van der Waals surface area contributed by atoms with Crippen LogP contribution in [-0.4, -0.2) is 30.4 Å². The standard InChI is InChI=1S/C19H20N4O4S2/c1-3-6-11(2)21-23-13-9-10-28-17(13)16(24)15(19(23)25)18-20-12-7-4-5-8-14(12)29(26,27)22-18/h4-5,7-10,24,26-27H,3,6H2,1-2H3,(H,20,22). The number of anilines is 1. The second-order valence-electron chi connectivity index (χ2n) is 6.64. The lowest BCUT2D eigenvalue weighted by Crippen LogP contribution is -2.31. The molecule has 0 aliphatic carbocycles. The number of benzene rings is 1. The molecule has 3 aromatic rings. The van der Waals surface area contributed by atoms with Gasteiger partial charge in [-0.2, -0.15) is 9.78 Å². The van der Waals surface area contributed by atoms with Gasteiger partial charge in [0, 0.05) is 5.71 Å². The van der Waals surface area contributed by atoms with Crippen LogP contribution in [0.5, 0.6) is 5.75 Å². The van der Waals surface area contributed by atoms with E-state index in [2.05, 4.69) is 14.8 Å². The molecule has 0 fully saturated rings. The van der Waals surface area contributed by atoms with E-state index in [0.29, 0.717) is 15.9 Å². The van der Waals surface area contributed by atoms with E-state index in [0.717, 1.165) is 18.6 Å². The number of aromatic nitrogens is 1. The third-order valence-corrected chi connectivity index (χ3v) is 6.80. The van der Waals surface area contributed by atoms with Crippen LogP contribution in [0.15, 0.2) is 54.9 Å². The summed E-state index contributed by atoms with van der Waals surface area (Å²) in [6, 6.07) is 8.32. The van der Waals surface area contributed by atoms with Crippen molar-refractivity contribution in [3.05, 3.63) is 51.6 Å². The molecule has 0 unspecified atom stereocenters. The molecule has 0 amide bonds. The van der Waals surface area contributed by atoms with Crippen LogP contribution in [0, 0.1) is 0 Å². The van der Waals surface area contributed by atoms with Crippen LogP contribution in [0.2, 0.25) is 0 Å². The quantitative estimate of drug-likeness (QED) is 0.446. The topological polar surface area (TPSA) is 119 Å². The third-order valence-electron chi connectivity index (χ3n) is 4.50. The van der Waals surface area contributed by atoms with E-state index in [1.807, 2.05) is 13.8 Å². The maximum absolute atomic E-state index is 13.3. The lowest BCUT2D eigenvalue weighted by Gasteiger charge is -2.34. The van der Waals surface area contributed by atoms with Crippen LogP contribution in [-0.2, 0) is 0 Å². The van der Waals surface area contributed by atoms with Crippen molar-refractivity contribution in [1.29, 1.82) is 0 Å². The predicted octanol–water partition coefficient (Wildman–Crippen LogP) is 4.69. The molecule has 0 atom stereocenters. The molecule has 152 valence electrons. The average molecular weight is 433 g/mol. The molecule has 4 N–H and O–H groups in total. The summed E-state index contributed by atoms with van der Waals surface area (Å²) in [6.07, 6.45) is 1.61. The molecule has 3 heterocycles. The molecule has 10 heteroatoms. The number of hydrogen-bond donors (Lipinski definition) is 4. The van der Waals surface area contributed by atoms with Gasteiger partial charge in [-0.15, -0.1) is 15.7 Å². The second kappa shape index (κ2) is 7.30. The number of rotatable bonds is 4. The fourth-order valence-corrected chi connectivity index (χ4v) is 5.20. The highest BCUT2D eigenvalue weighted by molar-refractivity contribution is 8.23. The lowest BCUT2D eigenvalue weighted by molar-refractivity contribution is 0.478. The number of para-hydroxylation sites is 1. The summed E-state index contributed by atoms with van der Waals surface area (Å²) in [5, 5.41) is 20.0. The minimum Gasteiger partial charge on any atom is -0.505 e. The monoisotopic (exact) mass is 432 g/mol. The van der Waals surface area contributed by atoms with Gasteiger partial charge in [-0.1, -0.05) is 36.3 Å². The van der Waals surface area contributed by atoms with Gasteiger partial charge in [0.25, 0.3) is 5.56 Å². The van der Waals surface area contributed by atoms with Crippen LogP contribution in [0.1, 0.15) is 32.3 Å². The molecule has 0 spiro atoms. The number of hydrogen-bond acceptors (Lipinski definition) is 8. The highest BCUT2D eigenvalue weighted by Crippen LogP contribution is 2.55. The Morgan fingerprint density at radius 2 is 2.07 bits per heavy atom. The van der Waals surface area contributed by atoms with E-state index < -0.39 is 16.3 Å². The van der Waals surface area contributed by atoms with E-state index in [4.69, 9.17) is 0 Å². The van der Waals surface area contributed by atoms with Gasteiger partial charge in [0.05, 0.1) is 15.9 Å². The maximum Gasteiger partial charge on any atom is 0.286 e. The molecule has 29 heavy (non-hydrogen) atoms. The van der Waals surface area contributed by atoms with Crippen molar-refractivity contribution in [2.75, 3.05) is 5.32 Å². The van der Waals surface area contributed by atoms with E-state index in [1.165, 1.54) is 16.0 Å². The Kier molecular flexibility index (Phi) is 4.95. The number of fused-ring (bicyclic) bond motifs is 2. The number of amidine groups is 1. The molecule has 4 rings (SSSR count). The fraction of sp³-hybridized carbons (Fsp3) is 0.211. The molecule has 0 radical (unpaired) electrons. The van der Waals surface area contributed by atoms with Crippen molar-refractivity contribution in [1.82, 2.24) is 4.68 Å². The van der Waals surface area contributed by atoms with E-state index >= 15 is 0 Å². The first-order valence-corrected chi connectivity index (χ1v) is 11.4. The Bertz CT molecular complexity index is 1230. The molecule has 1 aliphatic rings. The van der Waals surface area contributed by atoms with Gasteiger partial charge in [-0.05, 0) is 36.9 Å². The van der Waals surface area contributed by atoms with Crippen LogP contribution in [0.25, 0.3) is 10.2 Å². The van der Waals surface area contributed by atoms with E-state index in [-0.39, 0.29) is 22.0 Å². The second-order valence-corrected chi connectivity index (χ2v) is 9.22. The Morgan fingerprint density at radius 1 is 1.31 bits per heavy atom. The Balaban J connectivity index is 1.97. The van der Waals surface area contributed by atoms with Crippen LogP contribution in [0.3, 0.4) is 0 Å². The summed E-state index contributed by atoms with van der Waals surface area (Å²) in [5.74, 6) is -0.362. The molecule has 0 saturated carbocycles. The summed E-state index contributed by atoms with van der Waals surface area (Å²) >= 11 is 1.26. The van der Waals surface area contributed by atoms with Gasteiger partial charge >= 0.3 is 0 Å². The number of thiophene rings is 1. The first-order chi connectivity index (χ1) is 13.8. The Hall–Kier alpha value is -2.66. The van der Waals surface area contributed by atoms with Gasteiger partial charge in [-0.25, -0.2) is 0 Å². The number of nitrogens with zero attached hydrogens (tertiary/aromatic N) is 3. The first-order valence-electron chi connectivity index (χ1n) is 8.97. The zero-order valence-corrected chi connectivity index (χ0v) is 17.4. The summed E-state index contributed by atoms with van der Waals surface area (Å²) in [6.45, 7) is 3.86. The number of pyridine rings is 1. The van der Waals surface area contributed by atoms with Gasteiger partial charge in [0.1, 0.15) is 10.5 Å². The lowest BCUT2D eigenvalue weighted by atomic mass is 10.2. The molecule has 0 saturated heterocycles. The predicted molar refractivity (Wildman–Crippen MR) is 119 cm³/mol. The normalized spacial score (nSPS) is 16.8. The highest BCUT2D eigenvalue weighted by Gasteiger charge is 2.30. The van der Waals surface area contributed by atoms with Crippen molar-refractivity contribution in [3.8, 4) is 5.75 Å². The third kappa shape index (κ3) is 3.33. The molecule has 1 aromatic carbocycles. The van der Waals surface area contributed by atoms with E-state index in [1.54, 1.807) is 35.7 Å². The molecule has 0 bridgehead atoms. The highest BCUT2D eigenvalue weighted by atomic mass is 32.3. The zero-order chi connectivity index (χ0) is 20.8. The van der Waals surface area contributed by atoms with E-state index in [9.17, 15) is 19.0 Å². The zero-order valence-electron chi connectivity index (χ0n) is 15.8. The molecule has 1 aliphatic heterocycles. The van der Waals surface area contributed by atoms with Crippen LogP contribution < -0.4 is 10.9 Å². The van der Waals surface area contributed by atoms with Crippen molar-refractivity contribution in [2.45, 2.75) is 31.6 Å². The SMILES string of the molecule is CCCC(C)=Nn1c(=O)c(C2=NS(O)(O)c3ccccc3N2)c(O)c2sccc21. The fourth-order valence-electron chi connectivity index (χ4n) is 3.22. The Labute approximate surface area is 172 Å². The molecule has 2 aromatic heterocycles. The largest absolute Gasteiger partial charge is 0.505 e. The molecular weight excluding hydrogens is 412 g/mol. The number of aromatic hydroxyl groups is 1. The van der Waals surface area contributed by atoms with Crippen molar-refractivity contribution < 1.29 is 14.2 Å². The molecular formula is C19H20N4O4S2. The van der Waals surface area contributed by atoms with Gasteiger partial charge in [-0.3, -0.25) is 13.9 Å². The van der Waals surface area contributed by atoms with Crippen molar-refractivity contribution >= 4 is 49.6 Å². The van der Waals surface area contributed by atoms with Crippen LogP contribution in [0.4, 0.5) is 5.69 Å². The minimum absolute atomic E-state index is 0.0985. The molecule has 8 nitrogen and oxygen atoms in total. The summed E-state index contributed by atoms with van der Waals surface area (Å²) in [5.41, 5.74) is 0.930. The van der Waals surface area contributed by atoms with Crippen LogP contribution >= 0.6 is 22.1 Å². The maximum atomic E-state index is 13.3. The average Bonchev–Trinajstić information content (AvgIpc) is 3.15. The number of nitrogens with one attached hydrogen (secondary N) is 1. The minimum atomic E-state index is -3.52. The van der Waals surface area contributed by atoms with Gasteiger partial charge in [0.2, 0.25) is 0 Å². The summed E-state index contributed by atoms with van der Waals surface area (Å²) in [7, 11) is -3.52. The summed E-state index contributed by atoms with van der Waals surface area (Å²) < 4.78 is 26.7. The smallest absolute Gasteiger partial charge is 0.286 e. The van der Waals surface area contributed by atoms with Crippen molar-refractivity contribution in [3.63, 3.8) is 0 Å².